The smallest absolute Gasteiger partial charge is 0.360 e. The Morgan fingerprint density at radius 3 is 2.52 bits per heavy atom. The lowest BCUT2D eigenvalue weighted by atomic mass is 10.0. The number of hydrogen-bond acceptors (Lipinski definition) is 6. The third-order valence-electron chi connectivity index (χ3n) is 4.29. The van der Waals surface area contributed by atoms with Crippen molar-refractivity contribution in [3.8, 4) is 28.5 Å². The molecule has 0 atom stereocenters. The van der Waals surface area contributed by atoms with Crippen molar-refractivity contribution >= 4 is 16.7 Å². The number of aromatic nitrogens is 2. The molecule has 0 radical (unpaired) electrons. The predicted molar refractivity (Wildman–Crippen MR) is 104 cm³/mol. The molecule has 1 N–H and O–H groups in total. The lowest BCUT2D eigenvalue weighted by Gasteiger charge is -2.13. The fourth-order valence-electron chi connectivity index (χ4n) is 2.97. The van der Waals surface area contributed by atoms with Crippen LogP contribution in [0.5, 0.6) is 17.2 Å². The summed E-state index contributed by atoms with van der Waals surface area (Å²) in [7, 11) is 1.19. The second-order valence-corrected chi connectivity index (χ2v) is 6.16. The molecule has 0 fully saturated rings. The van der Waals surface area contributed by atoms with Gasteiger partial charge in [0.2, 0.25) is 0 Å². The Hall–Kier alpha value is -4.00. The van der Waals surface area contributed by atoms with E-state index in [1.54, 1.807) is 30.3 Å². The molecule has 6 nitrogen and oxygen atoms in total. The van der Waals surface area contributed by atoms with Crippen LogP contribution in [0.1, 0.15) is 10.5 Å². The molecule has 2 aromatic carbocycles. The summed E-state index contributed by atoms with van der Waals surface area (Å²) in [6.45, 7) is 0. The Bertz CT molecular complexity index is 1210. The lowest BCUT2D eigenvalue weighted by Crippen LogP contribution is -2.06. The molecule has 7 heteroatoms. The first-order valence-electron chi connectivity index (χ1n) is 8.65. The molecule has 0 aliphatic carbocycles. The van der Waals surface area contributed by atoms with Crippen molar-refractivity contribution in [2.24, 2.45) is 0 Å². The molecule has 0 bridgehead atoms. The number of halogens is 1. The minimum absolute atomic E-state index is 0.267. The highest BCUT2D eigenvalue weighted by Gasteiger charge is 2.21. The summed E-state index contributed by atoms with van der Waals surface area (Å²) in [6, 6.07) is 15.3. The standard InChI is InChI=1S/C22H15FN2O4/c1-28-22(27)20-21(26)17-8-7-16(29-15-5-3-2-4-6-15)10-18(17)19(25-20)13-9-14(23)12-24-11-13/h2-12,26H,1H3. The average molecular weight is 390 g/mol. The first-order valence-corrected chi connectivity index (χ1v) is 8.65. The monoisotopic (exact) mass is 390 g/mol. The topological polar surface area (TPSA) is 81.5 Å². The summed E-state index contributed by atoms with van der Waals surface area (Å²) in [5.41, 5.74) is 0.344. The van der Waals surface area contributed by atoms with E-state index < -0.39 is 11.8 Å². The molecule has 0 aliphatic rings. The molecule has 4 rings (SSSR count). The number of methoxy groups -OCH3 is 1. The molecular weight excluding hydrogens is 375 g/mol. The third kappa shape index (κ3) is 3.58. The van der Waals surface area contributed by atoms with Crippen LogP contribution in [0.25, 0.3) is 22.0 Å². The molecular formula is C22H15FN2O4. The number of para-hydroxylation sites is 1. The minimum Gasteiger partial charge on any atom is -0.505 e. The van der Waals surface area contributed by atoms with Gasteiger partial charge in [0, 0.05) is 22.5 Å². The predicted octanol–water partition coefficient (Wildman–Crippen LogP) is 4.72. The van der Waals surface area contributed by atoms with Gasteiger partial charge in [-0.3, -0.25) is 4.98 Å². The number of nitrogens with zero attached hydrogens (tertiary/aromatic N) is 2. The van der Waals surface area contributed by atoms with Gasteiger partial charge in [-0.15, -0.1) is 0 Å². The van der Waals surface area contributed by atoms with Crippen LogP contribution in [0.15, 0.2) is 67.0 Å². The van der Waals surface area contributed by atoms with Crippen molar-refractivity contribution in [3.63, 3.8) is 0 Å². The largest absolute Gasteiger partial charge is 0.505 e. The van der Waals surface area contributed by atoms with Crippen LogP contribution in [0.2, 0.25) is 0 Å². The van der Waals surface area contributed by atoms with Crippen LogP contribution < -0.4 is 4.74 Å². The molecule has 29 heavy (non-hydrogen) atoms. The van der Waals surface area contributed by atoms with Gasteiger partial charge in [-0.2, -0.15) is 0 Å². The van der Waals surface area contributed by atoms with E-state index >= 15 is 0 Å². The average Bonchev–Trinajstić information content (AvgIpc) is 2.74. The van der Waals surface area contributed by atoms with Gasteiger partial charge in [0.25, 0.3) is 0 Å². The zero-order valence-corrected chi connectivity index (χ0v) is 15.3. The molecule has 0 unspecified atom stereocenters. The second kappa shape index (κ2) is 7.55. The Balaban J connectivity index is 1.94. The normalized spacial score (nSPS) is 10.7. The van der Waals surface area contributed by atoms with Gasteiger partial charge in [-0.05, 0) is 36.4 Å². The zero-order valence-electron chi connectivity index (χ0n) is 15.3. The van der Waals surface area contributed by atoms with Crippen molar-refractivity contribution in [3.05, 3.63) is 78.5 Å². The highest BCUT2D eigenvalue weighted by atomic mass is 19.1. The van der Waals surface area contributed by atoms with Gasteiger partial charge in [-0.1, -0.05) is 18.2 Å². The summed E-state index contributed by atoms with van der Waals surface area (Å²) in [4.78, 5) is 20.2. The van der Waals surface area contributed by atoms with Gasteiger partial charge in [0.1, 0.15) is 17.3 Å². The number of pyridine rings is 2. The molecule has 144 valence electrons. The Morgan fingerprint density at radius 2 is 1.79 bits per heavy atom. The number of carbonyl (C=O) groups excluding carboxylic acids is 1. The van der Waals surface area contributed by atoms with Crippen molar-refractivity contribution in [2.75, 3.05) is 7.11 Å². The molecule has 0 saturated carbocycles. The van der Waals surface area contributed by atoms with Crippen LogP contribution in [0, 0.1) is 5.82 Å². The zero-order chi connectivity index (χ0) is 20.4. The molecule has 0 aliphatic heterocycles. The highest BCUT2D eigenvalue weighted by molar-refractivity contribution is 6.05. The summed E-state index contributed by atoms with van der Waals surface area (Å²) in [6.07, 6.45) is 2.49. The SMILES string of the molecule is COC(=O)c1nc(-c2cncc(F)c2)c2cc(Oc3ccccc3)ccc2c1O. The van der Waals surface area contributed by atoms with Gasteiger partial charge in [-0.25, -0.2) is 14.2 Å². The Labute approximate surface area is 165 Å². The summed E-state index contributed by atoms with van der Waals surface area (Å²) >= 11 is 0. The van der Waals surface area contributed by atoms with E-state index in [1.165, 1.54) is 19.4 Å². The number of carbonyl (C=O) groups is 1. The summed E-state index contributed by atoms with van der Waals surface area (Å²) in [5.74, 6) is -0.571. The number of hydrogen-bond donors (Lipinski definition) is 1. The first kappa shape index (κ1) is 18.4. The Morgan fingerprint density at radius 1 is 1.00 bits per heavy atom. The van der Waals surface area contributed by atoms with E-state index in [0.717, 1.165) is 6.20 Å². The minimum atomic E-state index is -0.806. The van der Waals surface area contributed by atoms with Crippen LogP contribution in [-0.4, -0.2) is 28.2 Å². The van der Waals surface area contributed by atoms with Gasteiger partial charge in [0.05, 0.1) is 19.0 Å². The number of aromatic hydroxyl groups is 1. The molecule has 0 spiro atoms. The number of fused-ring (bicyclic) bond motifs is 1. The summed E-state index contributed by atoms with van der Waals surface area (Å²) < 4.78 is 24.3. The van der Waals surface area contributed by atoms with E-state index in [1.807, 2.05) is 18.2 Å². The molecule has 0 saturated heterocycles. The number of ether oxygens (including phenoxy) is 2. The van der Waals surface area contributed by atoms with E-state index in [0.29, 0.717) is 27.8 Å². The molecule has 4 aromatic rings. The van der Waals surface area contributed by atoms with Crippen molar-refractivity contribution in [2.45, 2.75) is 0 Å². The van der Waals surface area contributed by atoms with Crippen LogP contribution >= 0.6 is 0 Å². The van der Waals surface area contributed by atoms with E-state index in [9.17, 15) is 14.3 Å². The van der Waals surface area contributed by atoms with Crippen molar-refractivity contribution < 1.29 is 23.8 Å². The lowest BCUT2D eigenvalue weighted by molar-refractivity contribution is 0.0591. The van der Waals surface area contributed by atoms with Crippen molar-refractivity contribution in [1.82, 2.24) is 9.97 Å². The fourth-order valence-corrected chi connectivity index (χ4v) is 2.97. The third-order valence-corrected chi connectivity index (χ3v) is 4.29. The number of rotatable bonds is 4. The maximum atomic E-state index is 13.8. The molecule has 2 aromatic heterocycles. The van der Waals surface area contributed by atoms with E-state index in [2.05, 4.69) is 9.97 Å². The van der Waals surface area contributed by atoms with Crippen LogP contribution in [0.3, 0.4) is 0 Å². The quantitative estimate of drug-likeness (QED) is 0.508. The number of benzene rings is 2. The second-order valence-electron chi connectivity index (χ2n) is 6.16. The van der Waals surface area contributed by atoms with Crippen LogP contribution in [-0.2, 0) is 4.74 Å². The van der Waals surface area contributed by atoms with Gasteiger partial charge < -0.3 is 14.6 Å². The van der Waals surface area contributed by atoms with Crippen molar-refractivity contribution in [1.29, 1.82) is 0 Å². The fraction of sp³-hybridized carbons (Fsp3) is 0.0455. The molecule has 0 amide bonds. The number of esters is 1. The molecule has 2 heterocycles. The summed E-state index contributed by atoms with van der Waals surface area (Å²) in [5, 5.41) is 11.4. The first-order chi connectivity index (χ1) is 14.1. The Kier molecular flexibility index (Phi) is 4.78. The van der Waals surface area contributed by atoms with Crippen LogP contribution in [0.4, 0.5) is 4.39 Å². The van der Waals surface area contributed by atoms with Gasteiger partial charge in [0.15, 0.2) is 11.4 Å². The van der Waals surface area contributed by atoms with E-state index in [4.69, 9.17) is 9.47 Å². The van der Waals surface area contributed by atoms with Gasteiger partial charge >= 0.3 is 5.97 Å². The maximum absolute atomic E-state index is 13.8. The maximum Gasteiger partial charge on any atom is 0.360 e. The highest BCUT2D eigenvalue weighted by Crippen LogP contribution is 2.37. The van der Waals surface area contributed by atoms with E-state index in [-0.39, 0.29) is 17.1 Å².